The highest BCUT2D eigenvalue weighted by atomic mass is 19.1. The molecule has 2 atom stereocenters. The molecule has 2 rings (SSSR count). The van der Waals surface area contributed by atoms with Gasteiger partial charge in [-0.1, -0.05) is 13.8 Å². The fourth-order valence-electron chi connectivity index (χ4n) is 2.86. The van der Waals surface area contributed by atoms with Gasteiger partial charge in [-0.2, -0.15) is 0 Å². The zero-order valence-corrected chi connectivity index (χ0v) is 12.8. The van der Waals surface area contributed by atoms with Crippen LogP contribution in [-0.2, 0) is 11.3 Å². The highest BCUT2D eigenvalue weighted by Gasteiger charge is 2.59. The Balaban J connectivity index is 1.90. The van der Waals surface area contributed by atoms with Crippen molar-refractivity contribution in [1.82, 2.24) is 5.32 Å². The van der Waals surface area contributed by atoms with Crippen LogP contribution in [0.4, 0.5) is 4.39 Å². The van der Waals surface area contributed by atoms with Gasteiger partial charge in [0, 0.05) is 37.1 Å². The van der Waals surface area contributed by atoms with E-state index in [0.29, 0.717) is 31.7 Å². The lowest BCUT2D eigenvalue weighted by Gasteiger charge is -2.58. The highest BCUT2D eigenvalue weighted by Crippen LogP contribution is 2.50. The number of hydrogen-bond acceptors (Lipinski definition) is 4. The quantitative estimate of drug-likeness (QED) is 0.753. The first-order valence-electron chi connectivity index (χ1n) is 7.32. The van der Waals surface area contributed by atoms with Gasteiger partial charge in [0.1, 0.15) is 11.6 Å². The maximum Gasteiger partial charge on any atom is 0.123 e. The number of phenols is 1. The summed E-state index contributed by atoms with van der Waals surface area (Å²) in [7, 11) is 0. The summed E-state index contributed by atoms with van der Waals surface area (Å²) in [6, 6.07) is 3.84. The first-order valence-corrected chi connectivity index (χ1v) is 7.32. The average Bonchev–Trinajstić information content (AvgIpc) is 2.42. The molecule has 118 valence electrons. The van der Waals surface area contributed by atoms with E-state index in [1.54, 1.807) is 0 Å². The number of nitrogens with one attached hydrogen (secondary N) is 1. The SMILES string of the molecule is CCOC1CC(O)(CNCc2cc(F)ccc2O)C1(C)C. The number of ether oxygens (including phenoxy) is 1. The Morgan fingerprint density at radius 1 is 1.43 bits per heavy atom. The maximum atomic E-state index is 13.1. The van der Waals surface area contributed by atoms with Crippen molar-refractivity contribution in [2.24, 2.45) is 5.41 Å². The molecular weight excluding hydrogens is 273 g/mol. The first-order chi connectivity index (χ1) is 9.80. The van der Waals surface area contributed by atoms with Gasteiger partial charge in [0.25, 0.3) is 0 Å². The van der Waals surface area contributed by atoms with E-state index in [2.05, 4.69) is 5.32 Å². The highest BCUT2D eigenvalue weighted by molar-refractivity contribution is 5.32. The fraction of sp³-hybridized carbons (Fsp3) is 0.625. The molecule has 1 saturated carbocycles. The minimum Gasteiger partial charge on any atom is -0.508 e. The lowest BCUT2D eigenvalue weighted by molar-refractivity contribution is -0.238. The molecule has 2 unspecified atom stereocenters. The van der Waals surface area contributed by atoms with Crippen molar-refractivity contribution in [3.8, 4) is 5.75 Å². The number of halogens is 1. The largest absolute Gasteiger partial charge is 0.508 e. The van der Waals surface area contributed by atoms with Crippen LogP contribution in [0.25, 0.3) is 0 Å². The molecule has 0 bridgehead atoms. The molecule has 0 amide bonds. The van der Waals surface area contributed by atoms with Gasteiger partial charge in [0.15, 0.2) is 0 Å². The Kier molecular flexibility index (Phi) is 4.56. The molecular formula is C16H24FNO3. The van der Waals surface area contributed by atoms with Gasteiger partial charge >= 0.3 is 0 Å². The molecule has 0 saturated heterocycles. The number of aromatic hydroxyl groups is 1. The number of aliphatic hydroxyl groups is 1. The van der Waals surface area contributed by atoms with Crippen LogP contribution >= 0.6 is 0 Å². The van der Waals surface area contributed by atoms with Gasteiger partial charge in [0.2, 0.25) is 0 Å². The summed E-state index contributed by atoms with van der Waals surface area (Å²) in [6.45, 7) is 7.23. The smallest absolute Gasteiger partial charge is 0.123 e. The lowest BCUT2D eigenvalue weighted by atomic mass is 9.56. The van der Waals surface area contributed by atoms with Crippen LogP contribution in [0.3, 0.4) is 0 Å². The van der Waals surface area contributed by atoms with Crippen molar-refractivity contribution in [1.29, 1.82) is 0 Å². The Labute approximate surface area is 124 Å². The molecule has 0 aliphatic heterocycles. The molecule has 1 aromatic rings. The van der Waals surface area contributed by atoms with Crippen LogP contribution in [0.2, 0.25) is 0 Å². The Morgan fingerprint density at radius 2 is 2.14 bits per heavy atom. The fourth-order valence-corrected chi connectivity index (χ4v) is 2.86. The average molecular weight is 297 g/mol. The van der Waals surface area contributed by atoms with Gasteiger partial charge < -0.3 is 20.3 Å². The summed E-state index contributed by atoms with van der Waals surface area (Å²) in [5, 5.41) is 23.4. The number of benzene rings is 1. The second kappa shape index (κ2) is 5.91. The molecule has 0 radical (unpaired) electrons. The normalized spacial score (nSPS) is 27.4. The predicted octanol–water partition coefficient (Wildman–Crippen LogP) is 2.19. The molecule has 21 heavy (non-hydrogen) atoms. The lowest BCUT2D eigenvalue weighted by Crippen LogP contribution is -2.68. The summed E-state index contributed by atoms with van der Waals surface area (Å²) in [5.74, 6) is -0.334. The Bertz CT molecular complexity index is 506. The molecule has 3 N–H and O–H groups in total. The van der Waals surface area contributed by atoms with Gasteiger partial charge in [0.05, 0.1) is 11.7 Å². The summed E-state index contributed by atoms with van der Waals surface area (Å²) < 4.78 is 18.8. The van der Waals surface area contributed by atoms with E-state index in [9.17, 15) is 14.6 Å². The summed E-state index contributed by atoms with van der Waals surface area (Å²) in [6.07, 6.45) is 0.632. The maximum absolute atomic E-state index is 13.1. The molecule has 1 aliphatic rings. The standard InChI is InChI=1S/C16H24FNO3/c1-4-21-14-8-16(20,15(14,2)3)10-18-9-11-7-12(17)5-6-13(11)19/h5-7,14,18-20H,4,8-10H2,1-3H3. The van der Waals surface area contributed by atoms with E-state index in [1.807, 2.05) is 20.8 Å². The Hall–Kier alpha value is -1.17. The van der Waals surface area contributed by atoms with Gasteiger partial charge in [-0.25, -0.2) is 4.39 Å². The molecule has 1 aliphatic carbocycles. The third-order valence-corrected chi connectivity index (χ3v) is 4.67. The van der Waals surface area contributed by atoms with Crippen LogP contribution in [0, 0.1) is 11.2 Å². The Morgan fingerprint density at radius 3 is 2.76 bits per heavy atom. The van der Waals surface area contributed by atoms with Crippen LogP contribution in [0.15, 0.2) is 18.2 Å². The van der Waals surface area contributed by atoms with Crippen molar-refractivity contribution in [3.05, 3.63) is 29.6 Å². The molecule has 4 nitrogen and oxygen atoms in total. The number of rotatable bonds is 6. The van der Waals surface area contributed by atoms with Gasteiger partial charge in [-0.3, -0.25) is 0 Å². The van der Waals surface area contributed by atoms with Crippen molar-refractivity contribution in [3.63, 3.8) is 0 Å². The molecule has 0 heterocycles. The van der Waals surface area contributed by atoms with Gasteiger partial charge in [-0.05, 0) is 25.1 Å². The first kappa shape index (κ1) is 16.2. The predicted molar refractivity (Wildman–Crippen MR) is 78.5 cm³/mol. The van der Waals surface area contributed by atoms with Crippen molar-refractivity contribution >= 4 is 0 Å². The monoisotopic (exact) mass is 297 g/mol. The zero-order valence-electron chi connectivity index (χ0n) is 12.8. The van der Waals surface area contributed by atoms with E-state index in [4.69, 9.17) is 4.74 Å². The molecule has 0 spiro atoms. The van der Waals surface area contributed by atoms with Crippen molar-refractivity contribution in [2.45, 2.75) is 45.4 Å². The van der Waals surface area contributed by atoms with E-state index in [1.165, 1.54) is 18.2 Å². The number of hydrogen-bond donors (Lipinski definition) is 3. The molecule has 5 heteroatoms. The van der Waals surface area contributed by atoms with Gasteiger partial charge in [-0.15, -0.1) is 0 Å². The minimum atomic E-state index is -0.851. The van der Waals surface area contributed by atoms with E-state index >= 15 is 0 Å². The number of phenolic OH excluding ortho intramolecular Hbond substituents is 1. The third kappa shape index (κ3) is 3.05. The minimum absolute atomic E-state index is 0.0518. The summed E-state index contributed by atoms with van der Waals surface area (Å²) in [5.41, 5.74) is -0.701. The van der Waals surface area contributed by atoms with E-state index in [0.717, 1.165) is 0 Å². The van der Waals surface area contributed by atoms with E-state index in [-0.39, 0.29) is 23.1 Å². The third-order valence-electron chi connectivity index (χ3n) is 4.67. The summed E-state index contributed by atoms with van der Waals surface area (Å²) >= 11 is 0. The van der Waals surface area contributed by atoms with Crippen LogP contribution in [-0.4, -0.2) is 35.1 Å². The second-order valence-electron chi connectivity index (χ2n) is 6.28. The molecule has 1 aromatic carbocycles. The van der Waals surface area contributed by atoms with Crippen molar-refractivity contribution in [2.75, 3.05) is 13.2 Å². The van der Waals surface area contributed by atoms with Crippen LogP contribution < -0.4 is 5.32 Å². The van der Waals surface area contributed by atoms with E-state index < -0.39 is 5.60 Å². The molecule has 0 aromatic heterocycles. The van der Waals surface area contributed by atoms with Crippen molar-refractivity contribution < 1.29 is 19.3 Å². The zero-order chi connectivity index (χ0) is 15.7. The van der Waals surface area contributed by atoms with Crippen LogP contribution in [0.1, 0.15) is 32.8 Å². The van der Waals surface area contributed by atoms with Crippen LogP contribution in [0.5, 0.6) is 5.75 Å². The second-order valence-corrected chi connectivity index (χ2v) is 6.28. The topological polar surface area (TPSA) is 61.7 Å². The summed E-state index contributed by atoms with van der Waals surface area (Å²) in [4.78, 5) is 0. The molecule has 1 fully saturated rings.